The SMILES string of the molecule is O=C(Nc1ccc(CN2C(=O)CCC2=O)cc1)c1cc(Br)ccc1Cl. The third kappa shape index (κ3) is 4.08. The molecule has 1 N–H and O–H groups in total. The van der Waals surface area contributed by atoms with Crippen LogP contribution in [-0.4, -0.2) is 22.6 Å². The molecule has 0 saturated carbocycles. The molecular weight excluding hydrogens is 408 g/mol. The van der Waals surface area contributed by atoms with Crippen molar-refractivity contribution in [2.24, 2.45) is 0 Å². The third-order valence-corrected chi connectivity index (χ3v) is 4.70. The third-order valence-electron chi connectivity index (χ3n) is 3.88. The lowest BCUT2D eigenvalue weighted by Gasteiger charge is -2.14. The minimum atomic E-state index is -0.316. The highest BCUT2D eigenvalue weighted by atomic mass is 79.9. The molecule has 3 amide bonds. The van der Waals surface area contributed by atoms with Crippen molar-refractivity contribution in [1.29, 1.82) is 0 Å². The fourth-order valence-corrected chi connectivity index (χ4v) is 3.11. The predicted molar refractivity (Wildman–Crippen MR) is 98.3 cm³/mol. The molecule has 0 aliphatic carbocycles. The minimum absolute atomic E-state index is 0.147. The first-order valence-electron chi connectivity index (χ1n) is 7.62. The zero-order chi connectivity index (χ0) is 18.0. The molecule has 0 unspecified atom stereocenters. The van der Waals surface area contributed by atoms with E-state index in [1.165, 1.54) is 4.90 Å². The largest absolute Gasteiger partial charge is 0.322 e. The second-order valence-electron chi connectivity index (χ2n) is 5.65. The topological polar surface area (TPSA) is 66.5 Å². The molecule has 1 aliphatic rings. The second kappa shape index (κ2) is 7.37. The lowest BCUT2D eigenvalue weighted by Crippen LogP contribution is -2.28. The van der Waals surface area contributed by atoms with Crippen molar-refractivity contribution in [3.63, 3.8) is 0 Å². The van der Waals surface area contributed by atoms with Gasteiger partial charge < -0.3 is 5.32 Å². The highest BCUT2D eigenvalue weighted by Crippen LogP contribution is 2.23. The van der Waals surface area contributed by atoms with Crippen LogP contribution < -0.4 is 5.32 Å². The van der Waals surface area contributed by atoms with Crippen LogP contribution in [0.15, 0.2) is 46.9 Å². The number of likely N-dealkylation sites (tertiary alicyclic amines) is 1. The van der Waals surface area contributed by atoms with Crippen molar-refractivity contribution >= 4 is 50.9 Å². The number of carbonyl (C=O) groups is 3. The van der Waals surface area contributed by atoms with Crippen LogP contribution in [0.3, 0.4) is 0 Å². The molecule has 0 radical (unpaired) electrons. The van der Waals surface area contributed by atoms with E-state index in [1.807, 2.05) is 0 Å². The number of rotatable bonds is 4. The van der Waals surface area contributed by atoms with Gasteiger partial charge in [0.05, 0.1) is 17.1 Å². The van der Waals surface area contributed by atoms with Gasteiger partial charge in [0.1, 0.15) is 0 Å². The average molecular weight is 422 g/mol. The molecule has 1 saturated heterocycles. The highest BCUT2D eigenvalue weighted by Gasteiger charge is 2.28. The van der Waals surface area contributed by atoms with Crippen molar-refractivity contribution < 1.29 is 14.4 Å². The van der Waals surface area contributed by atoms with E-state index in [1.54, 1.807) is 42.5 Å². The fourth-order valence-electron chi connectivity index (χ4n) is 2.55. The van der Waals surface area contributed by atoms with E-state index in [0.29, 0.717) is 16.3 Å². The Morgan fingerprint density at radius 3 is 2.36 bits per heavy atom. The predicted octanol–water partition coefficient (Wildman–Crippen LogP) is 4.00. The highest BCUT2D eigenvalue weighted by molar-refractivity contribution is 9.10. The van der Waals surface area contributed by atoms with E-state index in [2.05, 4.69) is 21.2 Å². The molecule has 2 aromatic carbocycles. The van der Waals surface area contributed by atoms with Crippen LogP contribution in [0, 0.1) is 0 Å². The van der Waals surface area contributed by atoms with Crippen molar-refractivity contribution in [2.75, 3.05) is 5.32 Å². The smallest absolute Gasteiger partial charge is 0.257 e. The van der Waals surface area contributed by atoms with E-state index in [9.17, 15) is 14.4 Å². The van der Waals surface area contributed by atoms with Crippen LogP contribution in [-0.2, 0) is 16.1 Å². The first-order valence-corrected chi connectivity index (χ1v) is 8.79. The number of anilines is 1. The molecule has 1 heterocycles. The fraction of sp³-hybridized carbons (Fsp3) is 0.167. The van der Waals surface area contributed by atoms with Gasteiger partial charge in [0.2, 0.25) is 11.8 Å². The number of nitrogens with one attached hydrogen (secondary N) is 1. The van der Waals surface area contributed by atoms with Gasteiger partial charge in [-0.1, -0.05) is 39.7 Å². The van der Waals surface area contributed by atoms with E-state index in [0.717, 1.165) is 10.0 Å². The molecule has 3 rings (SSSR count). The van der Waals surface area contributed by atoms with Crippen LogP contribution in [0.2, 0.25) is 5.02 Å². The van der Waals surface area contributed by atoms with Gasteiger partial charge in [-0.3, -0.25) is 19.3 Å². The molecule has 0 bridgehead atoms. The number of carbonyl (C=O) groups excluding carboxylic acids is 3. The minimum Gasteiger partial charge on any atom is -0.322 e. The molecule has 2 aromatic rings. The maximum Gasteiger partial charge on any atom is 0.257 e. The van der Waals surface area contributed by atoms with Crippen LogP contribution in [0.25, 0.3) is 0 Å². The number of halogens is 2. The molecule has 1 fully saturated rings. The quantitative estimate of drug-likeness (QED) is 0.759. The molecule has 5 nitrogen and oxygen atoms in total. The van der Waals surface area contributed by atoms with E-state index >= 15 is 0 Å². The molecule has 0 spiro atoms. The van der Waals surface area contributed by atoms with Gasteiger partial charge in [-0.2, -0.15) is 0 Å². The summed E-state index contributed by atoms with van der Waals surface area (Å²) >= 11 is 9.37. The average Bonchev–Trinajstić information content (AvgIpc) is 2.90. The molecule has 7 heteroatoms. The Labute approximate surface area is 158 Å². The first-order chi connectivity index (χ1) is 11.9. The van der Waals surface area contributed by atoms with Crippen molar-refractivity contribution in [3.8, 4) is 0 Å². The summed E-state index contributed by atoms with van der Waals surface area (Å²) in [5, 5.41) is 3.14. The summed E-state index contributed by atoms with van der Waals surface area (Å²) in [4.78, 5) is 36.9. The Morgan fingerprint density at radius 1 is 1.08 bits per heavy atom. The van der Waals surface area contributed by atoms with Crippen LogP contribution in [0.4, 0.5) is 5.69 Å². The Kier molecular flexibility index (Phi) is 5.20. The molecule has 25 heavy (non-hydrogen) atoms. The van der Waals surface area contributed by atoms with Gasteiger partial charge in [0.25, 0.3) is 5.91 Å². The Morgan fingerprint density at radius 2 is 1.72 bits per heavy atom. The lowest BCUT2D eigenvalue weighted by atomic mass is 10.1. The summed E-state index contributed by atoms with van der Waals surface area (Å²) in [6, 6.07) is 12.1. The number of amides is 3. The standard InChI is InChI=1S/C18H14BrClN2O3/c19-12-3-6-15(20)14(9-12)18(25)21-13-4-1-11(2-5-13)10-22-16(23)7-8-17(22)24/h1-6,9H,7-8,10H2,(H,21,25). The van der Waals surface area contributed by atoms with Gasteiger partial charge in [0.15, 0.2) is 0 Å². The number of hydrogen-bond acceptors (Lipinski definition) is 3. The van der Waals surface area contributed by atoms with Gasteiger partial charge in [0, 0.05) is 23.0 Å². The van der Waals surface area contributed by atoms with Crippen molar-refractivity contribution in [2.45, 2.75) is 19.4 Å². The van der Waals surface area contributed by atoms with Crippen LogP contribution in [0.5, 0.6) is 0 Å². The molecule has 1 aliphatic heterocycles. The normalized spacial score (nSPS) is 14.1. The number of nitrogens with zero attached hydrogens (tertiary/aromatic N) is 1. The molecular formula is C18H14BrClN2O3. The maximum atomic E-state index is 12.3. The Bertz CT molecular complexity index is 836. The first kappa shape index (κ1) is 17.6. The number of benzene rings is 2. The van der Waals surface area contributed by atoms with E-state index in [4.69, 9.17) is 11.6 Å². The summed E-state index contributed by atoms with van der Waals surface area (Å²) in [6.07, 6.45) is 0.556. The summed E-state index contributed by atoms with van der Waals surface area (Å²) in [7, 11) is 0. The van der Waals surface area contributed by atoms with E-state index < -0.39 is 0 Å². The van der Waals surface area contributed by atoms with Gasteiger partial charge in [-0.05, 0) is 35.9 Å². The van der Waals surface area contributed by atoms with Crippen LogP contribution in [0.1, 0.15) is 28.8 Å². The molecule has 128 valence electrons. The zero-order valence-corrected chi connectivity index (χ0v) is 15.4. The lowest BCUT2D eigenvalue weighted by molar-refractivity contribution is -0.139. The monoisotopic (exact) mass is 420 g/mol. The van der Waals surface area contributed by atoms with Crippen LogP contribution >= 0.6 is 27.5 Å². The molecule has 0 aromatic heterocycles. The van der Waals surface area contributed by atoms with Gasteiger partial charge >= 0.3 is 0 Å². The summed E-state index contributed by atoms with van der Waals surface area (Å²) in [5.74, 6) is -0.609. The Hall–Kier alpha value is -2.18. The molecule has 0 atom stereocenters. The Balaban J connectivity index is 1.68. The summed E-state index contributed by atoms with van der Waals surface area (Å²) in [6.45, 7) is 0.253. The number of hydrogen-bond donors (Lipinski definition) is 1. The number of imide groups is 1. The summed E-state index contributed by atoms with van der Waals surface area (Å²) < 4.78 is 0.761. The van der Waals surface area contributed by atoms with Crippen molar-refractivity contribution in [1.82, 2.24) is 4.90 Å². The summed E-state index contributed by atoms with van der Waals surface area (Å²) in [5.41, 5.74) is 1.79. The second-order valence-corrected chi connectivity index (χ2v) is 6.97. The van der Waals surface area contributed by atoms with Crippen molar-refractivity contribution in [3.05, 3.63) is 63.1 Å². The van der Waals surface area contributed by atoms with E-state index in [-0.39, 0.29) is 37.1 Å². The maximum absolute atomic E-state index is 12.3. The van der Waals surface area contributed by atoms with Gasteiger partial charge in [-0.15, -0.1) is 0 Å². The van der Waals surface area contributed by atoms with Gasteiger partial charge in [-0.25, -0.2) is 0 Å². The zero-order valence-electron chi connectivity index (χ0n) is 13.1.